The van der Waals surface area contributed by atoms with E-state index < -0.39 is 35.0 Å². The number of halogens is 2. The lowest BCUT2D eigenvalue weighted by atomic mass is 9.93. The molecule has 1 saturated carbocycles. The molecule has 2 aliphatic heterocycles. The van der Waals surface area contributed by atoms with Crippen LogP contribution < -0.4 is 26.4 Å². The Morgan fingerprint density at radius 1 is 1.11 bits per heavy atom. The molecule has 1 aromatic heterocycles. The zero-order valence-electron chi connectivity index (χ0n) is 28.6. The van der Waals surface area contributed by atoms with Crippen LogP contribution in [0.4, 0.5) is 27.5 Å². The third-order valence-corrected chi connectivity index (χ3v) is 11.9. The van der Waals surface area contributed by atoms with Gasteiger partial charge in [-0.15, -0.1) is 4.72 Å². The Balaban J connectivity index is 0.958. The van der Waals surface area contributed by atoms with Gasteiger partial charge in [-0.2, -0.15) is 4.98 Å². The quantitative estimate of drug-likeness (QED) is 0.101. The number of aryl methyl sites for hydroxylation is 1. The minimum absolute atomic E-state index is 0.0478. The molecule has 13 nitrogen and oxygen atoms in total. The summed E-state index contributed by atoms with van der Waals surface area (Å²) in [4.78, 5) is 60.3. The van der Waals surface area contributed by atoms with Gasteiger partial charge in [-0.1, -0.05) is 18.2 Å². The van der Waals surface area contributed by atoms with Gasteiger partial charge in [-0.25, -0.2) is 9.37 Å². The molecule has 16 heteroatoms. The van der Waals surface area contributed by atoms with Crippen molar-refractivity contribution in [2.75, 3.05) is 10.6 Å². The fraction of sp³-hybridized carbons (Fsp3) is 0.297. The van der Waals surface area contributed by atoms with Gasteiger partial charge < -0.3 is 25.8 Å². The molecule has 53 heavy (non-hydrogen) atoms. The predicted molar refractivity (Wildman–Crippen MR) is 199 cm³/mol. The fourth-order valence-corrected chi connectivity index (χ4v) is 8.80. The molecule has 2 fully saturated rings. The largest absolute Gasteiger partial charge is 0.593 e. The molecule has 3 heterocycles. The van der Waals surface area contributed by atoms with Gasteiger partial charge in [0.05, 0.1) is 33.1 Å². The molecular weight excluding hydrogens is 767 g/mol. The van der Waals surface area contributed by atoms with Crippen molar-refractivity contribution >= 4 is 74.1 Å². The van der Waals surface area contributed by atoms with E-state index in [2.05, 4.69) is 46.6 Å². The van der Waals surface area contributed by atoms with Gasteiger partial charge in [0.15, 0.2) is 4.90 Å². The topological polar surface area (TPSA) is 194 Å². The number of hydrogen-bond acceptors (Lipinski definition) is 10. The second-order valence-electron chi connectivity index (χ2n) is 13.5. The summed E-state index contributed by atoms with van der Waals surface area (Å²) in [5.74, 6) is -1.74. The van der Waals surface area contributed by atoms with Crippen molar-refractivity contribution in [1.29, 1.82) is 0 Å². The van der Waals surface area contributed by atoms with E-state index in [1.807, 2.05) is 25.1 Å². The normalized spacial score (nSPS) is 20.3. The number of hydrogen-bond donors (Lipinski definition) is 5. The molecule has 0 spiro atoms. The first-order valence-electron chi connectivity index (χ1n) is 17.1. The number of primary amides is 1. The maximum Gasteiger partial charge on any atom is 0.255 e. The number of nitrogens with zero attached hydrogens (tertiary/aromatic N) is 3. The van der Waals surface area contributed by atoms with E-state index >= 15 is 0 Å². The lowest BCUT2D eigenvalue weighted by Crippen LogP contribution is -2.52. The number of carbonyl (C=O) groups is 4. The molecule has 3 aliphatic rings. The van der Waals surface area contributed by atoms with Gasteiger partial charge in [0.1, 0.15) is 17.7 Å². The predicted octanol–water partition coefficient (Wildman–Crippen LogP) is 5.06. The van der Waals surface area contributed by atoms with Crippen molar-refractivity contribution in [3.63, 3.8) is 0 Å². The lowest BCUT2D eigenvalue weighted by molar-refractivity contribution is -0.136. The first-order valence-corrected chi connectivity index (χ1v) is 19.1. The minimum Gasteiger partial charge on any atom is -0.593 e. The lowest BCUT2D eigenvalue weighted by Gasteiger charge is -2.29. The summed E-state index contributed by atoms with van der Waals surface area (Å²) in [6, 6.07) is 14.7. The Hall–Kier alpha value is -4.90. The number of benzene rings is 3. The third-order valence-electron chi connectivity index (χ3n) is 9.89. The Morgan fingerprint density at radius 3 is 2.70 bits per heavy atom. The van der Waals surface area contributed by atoms with Crippen LogP contribution in [0.2, 0.25) is 0 Å². The van der Waals surface area contributed by atoms with Crippen molar-refractivity contribution in [3.05, 3.63) is 98.9 Å². The van der Waals surface area contributed by atoms with Crippen LogP contribution in [0.15, 0.2) is 70.2 Å². The molecule has 3 aromatic carbocycles. The third kappa shape index (κ3) is 7.76. The van der Waals surface area contributed by atoms with E-state index in [-0.39, 0.29) is 47.3 Å². The number of nitrogens with one attached hydrogen (secondary N) is 4. The van der Waals surface area contributed by atoms with E-state index in [0.29, 0.717) is 39.5 Å². The van der Waals surface area contributed by atoms with Crippen LogP contribution in [0.25, 0.3) is 0 Å². The number of nitrogens with two attached hydrogens (primary N) is 1. The van der Waals surface area contributed by atoms with Gasteiger partial charge in [0.25, 0.3) is 11.8 Å². The highest BCUT2D eigenvalue weighted by atomic mass is 79.9. The van der Waals surface area contributed by atoms with Crippen LogP contribution in [0.5, 0.6) is 0 Å². The first-order chi connectivity index (χ1) is 25.4. The van der Waals surface area contributed by atoms with E-state index in [0.717, 1.165) is 48.4 Å². The van der Waals surface area contributed by atoms with E-state index in [1.54, 1.807) is 23.1 Å². The van der Waals surface area contributed by atoms with Crippen LogP contribution in [-0.2, 0) is 33.9 Å². The maximum atomic E-state index is 14.3. The Morgan fingerprint density at radius 2 is 1.92 bits per heavy atom. The van der Waals surface area contributed by atoms with Gasteiger partial charge in [-0.05, 0) is 108 Å². The van der Waals surface area contributed by atoms with Crippen LogP contribution in [-0.4, -0.2) is 55.1 Å². The number of rotatable bonds is 11. The molecule has 7 rings (SSSR count). The van der Waals surface area contributed by atoms with Gasteiger partial charge in [0, 0.05) is 36.0 Å². The van der Waals surface area contributed by atoms with E-state index in [9.17, 15) is 28.1 Å². The SMILES string of the molecule is Cc1cc(Nc2ncc(Br)c(Nc3cccc(F)c3C(N)=O)n2)ccc1[S+]([O-])NC1CCC(Cc2cccc3c2CN(C2CCC(=O)NC2=O)C3=O)C1. The second kappa shape index (κ2) is 15.2. The zero-order valence-corrected chi connectivity index (χ0v) is 31.0. The summed E-state index contributed by atoms with van der Waals surface area (Å²) in [5.41, 5.74) is 9.34. The Labute approximate surface area is 316 Å². The standard InChI is InChI=1S/C37H36BrFN8O5S/c1-19-14-22(42-37-41-17-26(38)34(45-37)43-28-7-3-6-27(39)32(28)33(40)49)10-12-30(19)53(52)46-23-9-8-20(16-23)15-21-4-2-5-24-25(21)18-47(36(24)51)29-11-13-31(48)44-35(29)50/h2-7,10,12,14,17,20,23,29,46H,8-9,11,13,15-16,18H2,1H3,(H2,40,49)(H,44,48,50)(H2,41,42,43,45). The summed E-state index contributed by atoms with van der Waals surface area (Å²) < 4.78 is 31.6. The molecule has 6 N–H and O–H groups in total. The molecule has 4 unspecified atom stereocenters. The average molecular weight is 804 g/mol. The molecule has 4 aromatic rings. The van der Waals surface area contributed by atoms with Gasteiger partial charge in [0.2, 0.25) is 17.8 Å². The van der Waals surface area contributed by atoms with Crippen molar-refractivity contribution in [2.45, 2.75) is 69.0 Å². The highest BCUT2D eigenvalue weighted by molar-refractivity contribution is 9.10. The number of aromatic nitrogens is 2. The van der Waals surface area contributed by atoms with Gasteiger partial charge >= 0.3 is 0 Å². The minimum atomic E-state index is -1.46. The molecule has 4 amide bonds. The summed E-state index contributed by atoms with van der Waals surface area (Å²) in [6.07, 6.45) is 5.45. The number of amides is 4. The molecule has 0 radical (unpaired) electrons. The number of fused-ring (bicyclic) bond motifs is 1. The van der Waals surface area contributed by atoms with Crippen LogP contribution in [0.3, 0.4) is 0 Å². The van der Waals surface area contributed by atoms with Crippen molar-refractivity contribution in [2.24, 2.45) is 11.7 Å². The monoisotopic (exact) mass is 802 g/mol. The Bertz CT molecular complexity index is 2140. The number of anilines is 4. The van der Waals surface area contributed by atoms with E-state index in [1.165, 1.54) is 18.3 Å². The average Bonchev–Trinajstić information content (AvgIpc) is 3.69. The summed E-state index contributed by atoms with van der Waals surface area (Å²) in [6.45, 7) is 2.22. The maximum absolute atomic E-state index is 14.3. The van der Waals surface area contributed by atoms with E-state index in [4.69, 9.17) is 5.73 Å². The first kappa shape index (κ1) is 36.5. The molecule has 1 saturated heterocycles. The molecule has 0 bridgehead atoms. The Kier molecular flexibility index (Phi) is 10.5. The summed E-state index contributed by atoms with van der Waals surface area (Å²) >= 11 is 1.92. The number of carbonyl (C=O) groups excluding carboxylic acids is 4. The number of imide groups is 1. The highest BCUT2D eigenvalue weighted by Crippen LogP contribution is 2.35. The van der Waals surface area contributed by atoms with Gasteiger partial charge in [-0.3, -0.25) is 24.5 Å². The van der Waals surface area contributed by atoms with Crippen LogP contribution in [0.1, 0.15) is 69.5 Å². The summed E-state index contributed by atoms with van der Waals surface area (Å²) in [5, 5.41) is 8.43. The molecular formula is C37H36BrFN8O5S. The highest BCUT2D eigenvalue weighted by Gasteiger charge is 2.40. The molecule has 1 aliphatic carbocycles. The smallest absolute Gasteiger partial charge is 0.255 e. The summed E-state index contributed by atoms with van der Waals surface area (Å²) in [7, 11) is 0. The zero-order chi connectivity index (χ0) is 37.4. The molecule has 4 atom stereocenters. The molecule has 274 valence electrons. The van der Waals surface area contributed by atoms with Crippen molar-refractivity contribution in [1.82, 2.24) is 24.9 Å². The van der Waals surface area contributed by atoms with Crippen molar-refractivity contribution in [3.8, 4) is 0 Å². The van der Waals surface area contributed by atoms with Crippen molar-refractivity contribution < 1.29 is 28.1 Å². The van der Waals surface area contributed by atoms with Crippen LogP contribution >= 0.6 is 15.9 Å². The number of piperidine rings is 1. The van der Waals surface area contributed by atoms with Crippen LogP contribution in [0, 0.1) is 18.7 Å². The second-order valence-corrected chi connectivity index (χ2v) is 15.5. The fourth-order valence-electron chi connectivity index (χ4n) is 7.32.